The van der Waals surface area contributed by atoms with Crippen LogP contribution in [-0.2, 0) is 11.2 Å². The van der Waals surface area contributed by atoms with Crippen LogP contribution in [0.3, 0.4) is 0 Å². The molecule has 0 atom stereocenters. The monoisotopic (exact) mass is 326 g/mol. The van der Waals surface area contributed by atoms with Gasteiger partial charge in [-0.3, -0.25) is 0 Å². The summed E-state index contributed by atoms with van der Waals surface area (Å²) in [5.74, 6) is 0. The largest absolute Gasteiger partial charge is 0.378 e. The van der Waals surface area contributed by atoms with Crippen LogP contribution in [0.25, 0.3) is 5.69 Å². The molecule has 1 aliphatic rings. The zero-order chi connectivity index (χ0) is 15.5. The van der Waals surface area contributed by atoms with Crippen molar-refractivity contribution in [2.75, 3.05) is 31.2 Å². The number of anilines is 1. The van der Waals surface area contributed by atoms with Gasteiger partial charge in [0.25, 0.3) is 0 Å². The number of benzene rings is 1. The van der Waals surface area contributed by atoms with Gasteiger partial charge in [0, 0.05) is 43.0 Å². The van der Waals surface area contributed by atoms with Crippen molar-refractivity contribution in [2.24, 2.45) is 0 Å². The van der Waals surface area contributed by atoms with E-state index in [1.54, 1.807) is 17.5 Å². The average Bonchev–Trinajstić information content (AvgIpc) is 3.28. The molecule has 2 aromatic heterocycles. The first-order valence-electron chi connectivity index (χ1n) is 7.75. The molecule has 118 valence electrons. The molecule has 1 aliphatic heterocycles. The topological polar surface area (TPSA) is 43.2 Å². The Bertz CT molecular complexity index is 745. The molecule has 1 saturated heterocycles. The van der Waals surface area contributed by atoms with E-state index >= 15 is 0 Å². The Morgan fingerprint density at radius 2 is 1.96 bits per heavy atom. The molecule has 1 fully saturated rings. The quantitative estimate of drug-likeness (QED) is 0.739. The van der Waals surface area contributed by atoms with Crippen molar-refractivity contribution >= 4 is 16.5 Å². The first-order valence-corrected chi connectivity index (χ1v) is 8.56. The van der Waals surface area contributed by atoms with E-state index in [1.165, 1.54) is 10.4 Å². The third kappa shape index (κ3) is 3.28. The fraction of sp³-hybridized carbons (Fsp3) is 0.294. The Balaban J connectivity index is 1.44. The Hall–Kier alpha value is -2.18. The lowest BCUT2D eigenvalue weighted by molar-refractivity contribution is 0.122. The summed E-state index contributed by atoms with van der Waals surface area (Å²) in [6.45, 7) is 3.46. The molecule has 3 aromatic rings. The fourth-order valence-electron chi connectivity index (χ4n) is 2.67. The van der Waals surface area contributed by atoms with Crippen LogP contribution in [0.5, 0.6) is 0 Å². The second-order valence-corrected chi connectivity index (χ2v) is 6.60. The summed E-state index contributed by atoms with van der Waals surface area (Å²) in [5.41, 5.74) is 2.37. The van der Waals surface area contributed by atoms with E-state index < -0.39 is 0 Å². The summed E-state index contributed by atoms with van der Waals surface area (Å²) >= 11 is 1.78. The molecular formula is C17H18N4OS. The number of nitrogens with zero attached hydrogens (tertiary/aromatic N) is 4. The minimum absolute atomic E-state index is 0.795. The van der Waals surface area contributed by atoms with Gasteiger partial charge < -0.3 is 9.64 Å². The lowest BCUT2D eigenvalue weighted by Gasteiger charge is -2.25. The summed E-state index contributed by atoms with van der Waals surface area (Å²) in [6.07, 6.45) is 6.66. The number of morpholine rings is 1. The van der Waals surface area contributed by atoms with Crippen molar-refractivity contribution in [3.05, 3.63) is 59.4 Å². The van der Waals surface area contributed by atoms with Gasteiger partial charge in [-0.2, -0.15) is 5.10 Å². The van der Waals surface area contributed by atoms with Gasteiger partial charge in [0.1, 0.15) is 0 Å². The van der Waals surface area contributed by atoms with Gasteiger partial charge >= 0.3 is 0 Å². The highest BCUT2D eigenvalue weighted by Crippen LogP contribution is 2.25. The van der Waals surface area contributed by atoms with Crippen LogP contribution in [0.2, 0.25) is 0 Å². The van der Waals surface area contributed by atoms with Crippen molar-refractivity contribution in [3.8, 4) is 5.69 Å². The highest BCUT2D eigenvalue weighted by atomic mass is 32.1. The minimum atomic E-state index is 0.795. The van der Waals surface area contributed by atoms with Gasteiger partial charge in [0.2, 0.25) is 0 Å². The van der Waals surface area contributed by atoms with Crippen molar-refractivity contribution in [2.45, 2.75) is 6.42 Å². The highest BCUT2D eigenvalue weighted by Gasteiger charge is 2.14. The van der Waals surface area contributed by atoms with Crippen LogP contribution in [0.4, 0.5) is 5.13 Å². The molecule has 5 nitrogen and oxygen atoms in total. The second kappa shape index (κ2) is 6.52. The SMILES string of the molecule is c1cnn(-c2ccc(Cc3cnc(N4CCOCC4)s3)cc2)c1. The van der Waals surface area contributed by atoms with Crippen LogP contribution in [0, 0.1) is 0 Å². The standard InChI is InChI=1S/C17H18N4OS/c1-6-19-21(7-1)15-4-2-14(3-5-15)12-16-13-18-17(23-16)20-8-10-22-11-9-20/h1-7,13H,8-12H2. The normalized spacial score (nSPS) is 15.0. The lowest BCUT2D eigenvalue weighted by atomic mass is 10.1. The van der Waals surface area contributed by atoms with E-state index in [0.717, 1.165) is 43.5 Å². The summed E-state index contributed by atoms with van der Waals surface area (Å²) in [6, 6.07) is 10.5. The summed E-state index contributed by atoms with van der Waals surface area (Å²) in [5, 5.41) is 5.36. The van der Waals surface area contributed by atoms with E-state index in [9.17, 15) is 0 Å². The zero-order valence-corrected chi connectivity index (χ0v) is 13.6. The maximum Gasteiger partial charge on any atom is 0.185 e. The molecular weight excluding hydrogens is 308 g/mol. The maximum atomic E-state index is 5.39. The molecule has 0 radical (unpaired) electrons. The van der Waals surface area contributed by atoms with E-state index in [1.807, 2.05) is 23.1 Å². The van der Waals surface area contributed by atoms with Crippen LogP contribution in [0.15, 0.2) is 48.9 Å². The Morgan fingerprint density at radius 1 is 1.13 bits per heavy atom. The van der Waals surface area contributed by atoms with E-state index in [-0.39, 0.29) is 0 Å². The van der Waals surface area contributed by atoms with Crippen molar-refractivity contribution in [1.82, 2.24) is 14.8 Å². The van der Waals surface area contributed by atoms with E-state index in [4.69, 9.17) is 4.74 Å². The molecule has 0 saturated carbocycles. The summed E-state index contributed by atoms with van der Waals surface area (Å²) < 4.78 is 7.26. The molecule has 0 bridgehead atoms. The zero-order valence-electron chi connectivity index (χ0n) is 12.8. The molecule has 4 rings (SSSR count). The smallest absolute Gasteiger partial charge is 0.185 e. The average molecular weight is 326 g/mol. The molecule has 3 heterocycles. The van der Waals surface area contributed by atoms with E-state index in [0.29, 0.717) is 0 Å². The van der Waals surface area contributed by atoms with Crippen LogP contribution in [-0.4, -0.2) is 41.1 Å². The van der Waals surface area contributed by atoms with Crippen LogP contribution < -0.4 is 4.90 Å². The molecule has 0 aliphatic carbocycles. The van der Waals surface area contributed by atoms with Crippen molar-refractivity contribution < 1.29 is 4.74 Å². The molecule has 23 heavy (non-hydrogen) atoms. The number of hydrogen-bond acceptors (Lipinski definition) is 5. The maximum absolute atomic E-state index is 5.39. The number of rotatable bonds is 4. The first-order chi connectivity index (χ1) is 11.4. The lowest BCUT2D eigenvalue weighted by Crippen LogP contribution is -2.36. The highest BCUT2D eigenvalue weighted by molar-refractivity contribution is 7.15. The Labute approximate surface area is 139 Å². The van der Waals surface area contributed by atoms with Crippen LogP contribution >= 0.6 is 11.3 Å². The molecule has 0 unspecified atom stereocenters. The molecule has 1 aromatic carbocycles. The third-order valence-corrected chi connectivity index (χ3v) is 4.96. The number of ether oxygens (including phenoxy) is 1. The number of hydrogen-bond donors (Lipinski definition) is 0. The predicted molar refractivity (Wildman–Crippen MR) is 91.5 cm³/mol. The number of thiazole rings is 1. The number of aromatic nitrogens is 3. The first kappa shape index (κ1) is 14.4. The predicted octanol–water partition coefficient (Wildman–Crippen LogP) is 2.76. The third-order valence-electron chi connectivity index (χ3n) is 3.91. The molecule has 0 N–H and O–H groups in total. The summed E-state index contributed by atoms with van der Waals surface area (Å²) in [7, 11) is 0. The van der Waals surface area contributed by atoms with Crippen molar-refractivity contribution in [1.29, 1.82) is 0 Å². The Kier molecular flexibility index (Phi) is 4.08. The van der Waals surface area contributed by atoms with Crippen molar-refractivity contribution in [3.63, 3.8) is 0 Å². The minimum Gasteiger partial charge on any atom is -0.378 e. The second-order valence-electron chi connectivity index (χ2n) is 5.50. The van der Waals surface area contributed by atoms with Gasteiger partial charge in [0.15, 0.2) is 5.13 Å². The van der Waals surface area contributed by atoms with Gasteiger partial charge in [-0.15, -0.1) is 11.3 Å². The Morgan fingerprint density at radius 3 is 2.70 bits per heavy atom. The van der Waals surface area contributed by atoms with Gasteiger partial charge in [0.05, 0.1) is 18.9 Å². The van der Waals surface area contributed by atoms with Gasteiger partial charge in [-0.25, -0.2) is 9.67 Å². The molecule has 0 amide bonds. The summed E-state index contributed by atoms with van der Waals surface area (Å²) in [4.78, 5) is 8.16. The van der Waals surface area contributed by atoms with Gasteiger partial charge in [-0.1, -0.05) is 12.1 Å². The molecule has 6 heteroatoms. The van der Waals surface area contributed by atoms with Gasteiger partial charge in [-0.05, 0) is 23.8 Å². The molecule has 0 spiro atoms. The fourth-order valence-corrected chi connectivity index (χ4v) is 3.66. The van der Waals surface area contributed by atoms with E-state index in [2.05, 4.69) is 39.2 Å². The van der Waals surface area contributed by atoms with Crippen LogP contribution in [0.1, 0.15) is 10.4 Å².